The van der Waals surface area contributed by atoms with Crippen molar-refractivity contribution in [2.75, 3.05) is 12.4 Å². The Balaban J connectivity index is 1.74. The zero-order chi connectivity index (χ0) is 19.2. The van der Waals surface area contributed by atoms with Crippen molar-refractivity contribution in [3.8, 4) is 0 Å². The van der Waals surface area contributed by atoms with Crippen LogP contribution in [0.25, 0.3) is 0 Å². The molecule has 0 fully saturated rings. The number of thiazole rings is 1. The number of hydrogen-bond acceptors (Lipinski definition) is 5. The molecule has 138 valence electrons. The largest absolute Gasteiger partial charge is 0.355 e. The molecule has 0 saturated carbocycles. The van der Waals surface area contributed by atoms with Gasteiger partial charge in [0, 0.05) is 34.3 Å². The number of hydrogen-bond donors (Lipinski definition) is 2. The molecule has 0 saturated heterocycles. The number of carbonyl (C=O) groups is 2. The number of nitrogens with one attached hydrogen (secondary N) is 2. The molecule has 2 N–H and O–H groups in total. The van der Waals surface area contributed by atoms with Crippen molar-refractivity contribution in [2.45, 2.75) is 17.6 Å². The van der Waals surface area contributed by atoms with Crippen molar-refractivity contribution in [2.24, 2.45) is 0 Å². The summed E-state index contributed by atoms with van der Waals surface area (Å²) >= 11 is 3.20. The molecule has 0 bridgehead atoms. The summed E-state index contributed by atoms with van der Waals surface area (Å²) in [6.07, 6.45) is 0. The third-order valence-corrected chi connectivity index (χ3v) is 5.71. The first-order valence-electron chi connectivity index (χ1n) is 8.33. The van der Waals surface area contributed by atoms with Gasteiger partial charge in [-0.15, -0.1) is 23.1 Å². The van der Waals surface area contributed by atoms with Gasteiger partial charge in [-0.05, 0) is 37.3 Å². The number of anilines is 1. The Labute approximate surface area is 166 Å². The Bertz CT molecular complexity index is 969. The molecule has 0 spiro atoms. The zero-order valence-corrected chi connectivity index (χ0v) is 16.6. The van der Waals surface area contributed by atoms with Gasteiger partial charge in [0.1, 0.15) is 0 Å². The lowest BCUT2D eigenvalue weighted by atomic mass is 10.1. The van der Waals surface area contributed by atoms with Crippen LogP contribution in [0.4, 0.5) is 5.69 Å². The lowest BCUT2D eigenvalue weighted by molar-refractivity contribution is 0.0961. The van der Waals surface area contributed by atoms with Gasteiger partial charge in [-0.2, -0.15) is 0 Å². The minimum Gasteiger partial charge on any atom is -0.355 e. The highest BCUT2D eigenvalue weighted by Gasteiger charge is 2.13. The van der Waals surface area contributed by atoms with Crippen molar-refractivity contribution in [1.29, 1.82) is 0 Å². The lowest BCUT2D eigenvalue weighted by Gasteiger charge is -2.10. The molecule has 0 atom stereocenters. The van der Waals surface area contributed by atoms with Gasteiger partial charge in [0.2, 0.25) is 0 Å². The van der Waals surface area contributed by atoms with E-state index in [4.69, 9.17) is 0 Å². The molecular formula is C20H19N3O2S2. The number of aromatic nitrogens is 1. The standard InChI is InChI=1S/C20H19N3O2S2/c1-13-22-16(11-26-13)12-27-18-9-4-3-8-17(18)20(25)23-15-7-5-6-14(10-15)19(24)21-2/h3-11H,12H2,1-2H3,(H,21,24)(H,23,25). The fraction of sp³-hybridized carbons (Fsp3) is 0.150. The predicted octanol–water partition coefficient (Wildman–Crippen LogP) is 4.36. The Hall–Kier alpha value is -2.64. The number of thioether (sulfide) groups is 1. The van der Waals surface area contributed by atoms with Gasteiger partial charge in [-0.3, -0.25) is 9.59 Å². The van der Waals surface area contributed by atoms with E-state index >= 15 is 0 Å². The van der Waals surface area contributed by atoms with Gasteiger partial charge in [0.05, 0.1) is 16.3 Å². The smallest absolute Gasteiger partial charge is 0.256 e. The van der Waals surface area contributed by atoms with E-state index < -0.39 is 0 Å². The second kappa shape index (κ2) is 8.83. The molecule has 0 aliphatic carbocycles. The van der Waals surface area contributed by atoms with E-state index in [9.17, 15) is 9.59 Å². The summed E-state index contributed by atoms with van der Waals surface area (Å²) in [6, 6.07) is 14.3. The third kappa shape index (κ3) is 4.96. The highest BCUT2D eigenvalue weighted by Crippen LogP contribution is 2.27. The second-order valence-electron chi connectivity index (χ2n) is 5.76. The van der Waals surface area contributed by atoms with E-state index in [0.29, 0.717) is 22.6 Å². The van der Waals surface area contributed by atoms with Gasteiger partial charge in [0.15, 0.2) is 0 Å². The first kappa shape index (κ1) is 19.1. The molecule has 27 heavy (non-hydrogen) atoms. The molecule has 0 aliphatic heterocycles. The summed E-state index contributed by atoms with van der Waals surface area (Å²) in [4.78, 5) is 29.9. The van der Waals surface area contributed by atoms with Crippen molar-refractivity contribution in [3.05, 3.63) is 75.7 Å². The molecule has 2 amide bonds. The summed E-state index contributed by atoms with van der Waals surface area (Å²) in [5, 5.41) is 8.52. The quantitative estimate of drug-likeness (QED) is 0.607. The molecule has 3 aromatic rings. The van der Waals surface area contributed by atoms with Gasteiger partial charge < -0.3 is 10.6 Å². The molecule has 1 heterocycles. The van der Waals surface area contributed by atoms with E-state index in [1.165, 1.54) is 0 Å². The summed E-state index contributed by atoms with van der Waals surface area (Å²) in [7, 11) is 1.57. The molecule has 7 heteroatoms. The summed E-state index contributed by atoms with van der Waals surface area (Å²) in [6.45, 7) is 1.98. The number of aryl methyl sites for hydroxylation is 1. The molecule has 5 nitrogen and oxygen atoms in total. The van der Waals surface area contributed by atoms with E-state index in [1.54, 1.807) is 60.5 Å². The van der Waals surface area contributed by atoms with Crippen LogP contribution in [0.15, 0.2) is 58.8 Å². The van der Waals surface area contributed by atoms with Crippen LogP contribution < -0.4 is 10.6 Å². The maximum atomic E-state index is 12.8. The van der Waals surface area contributed by atoms with E-state index in [1.807, 2.05) is 30.5 Å². The van der Waals surface area contributed by atoms with Gasteiger partial charge >= 0.3 is 0 Å². The Morgan fingerprint density at radius 2 is 1.93 bits per heavy atom. The molecular weight excluding hydrogens is 378 g/mol. The van der Waals surface area contributed by atoms with Crippen molar-refractivity contribution in [3.63, 3.8) is 0 Å². The van der Waals surface area contributed by atoms with Crippen molar-refractivity contribution in [1.82, 2.24) is 10.3 Å². The van der Waals surface area contributed by atoms with Crippen molar-refractivity contribution >= 4 is 40.6 Å². The van der Waals surface area contributed by atoms with Crippen LogP contribution in [0.5, 0.6) is 0 Å². The fourth-order valence-corrected chi connectivity index (χ4v) is 4.15. The number of rotatable bonds is 6. The number of nitrogens with zero attached hydrogens (tertiary/aromatic N) is 1. The molecule has 0 radical (unpaired) electrons. The third-order valence-electron chi connectivity index (χ3n) is 3.78. The van der Waals surface area contributed by atoms with Crippen LogP contribution in [0.3, 0.4) is 0 Å². The van der Waals surface area contributed by atoms with Crippen LogP contribution in [-0.4, -0.2) is 23.8 Å². The second-order valence-corrected chi connectivity index (χ2v) is 7.84. The van der Waals surface area contributed by atoms with E-state index in [2.05, 4.69) is 15.6 Å². The Morgan fingerprint density at radius 3 is 2.67 bits per heavy atom. The molecule has 0 aliphatic rings. The van der Waals surface area contributed by atoms with Crippen LogP contribution in [0.2, 0.25) is 0 Å². The van der Waals surface area contributed by atoms with Crippen LogP contribution in [0.1, 0.15) is 31.4 Å². The van der Waals surface area contributed by atoms with E-state index in [0.717, 1.165) is 15.6 Å². The van der Waals surface area contributed by atoms with Gasteiger partial charge in [-0.1, -0.05) is 18.2 Å². The first-order chi connectivity index (χ1) is 13.1. The lowest BCUT2D eigenvalue weighted by Crippen LogP contribution is -2.18. The minimum absolute atomic E-state index is 0.194. The number of carbonyl (C=O) groups excluding carboxylic acids is 2. The monoisotopic (exact) mass is 397 g/mol. The van der Waals surface area contributed by atoms with Gasteiger partial charge in [0.25, 0.3) is 11.8 Å². The zero-order valence-electron chi connectivity index (χ0n) is 15.0. The summed E-state index contributed by atoms with van der Waals surface area (Å²) in [5.74, 6) is 0.308. The molecule has 3 rings (SSSR count). The average Bonchev–Trinajstić information content (AvgIpc) is 3.11. The minimum atomic E-state index is -0.207. The molecule has 2 aromatic carbocycles. The van der Waals surface area contributed by atoms with Gasteiger partial charge in [-0.25, -0.2) is 4.98 Å². The molecule has 0 unspecified atom stereocenters. The van der Waals surface area contributed by atoms with E-state index in [-0.39, 0.29) is 11.8 Å². The predicted molar refractivity (Wildman–Crippen MR) is 111 cm³/mol. The maximum absolute atomic E-state index is 12.8. The normalized spacial score (nSPS) is 10.4. The molecule has 1 aromatic heterocycles. The van der Waals surface area contributed by atoms with Crippen LogP contribution in [-0.2, 0) is 5.75 Å². The highest BCUT2D eigenvalue weighted by atomic mass is 32.2. The fourth-order valence-electron chi connectivity index (χ4n) is 2.49. The number of amides is 2. The first-order valence-corrected chi connectivity index (χ1v) is 10.2. The van der Waals surface area contributed by atoms with Crippen LogP contribution >= 0.6 is 23.1 Å². The maximum Gasteiger partial charge on any atom is 0.256 e. The summed E-state index contributed by atoms with van der Waals surface area (Å²) in [5.41, 5.74) is 2.68. The number of benzene rings is 2. The Morgan fingerprint density at radius 1 is 1.11 bits per heavy atom. The topological polar surface area (TPSA) is 71.1 Å². The van der Waals surface area contributed by atoms with Crippen LogP contribution in [0, 0.1) is 6.92 Å². The van der Waals surface area contributed by atoms with Crippen molar-refractivity contribution < 1.29 is 9.59 Å². The average molecular weight is 398 g/mol. The SMILES string of the molecule is CNC(=O)c1cccc(NC(=O)c2ccccc2SCc2csc(C)n2)c1. The Kier molecular flexibility index (Phi) is 6.26. The highest BCUT2D eigenvalue weighted by molar-refractivity contribution is 7.98. The summed E-state index contributed by atoms with van der Waals surface area (Å²) < 4.78 is 0.